The Labute approximate surface area is 295 Å². The molecular formula is C45H26N4OS. The standard InChI is InChI=1S/C45H26N4OS/c1-2-13-27(14-3-1)43-46-44(33-20-12-19-31-30-17-6-10-23-37(30)50-42(31)33)48-45(47-43)41-36(25-26-39-40(41)32-18-7-11-24-38(32)51-39)49-34-21-8-4-15-28(34)29-16-5-9-22-35(29)49/h1-26H. The minimum absolute atomic E-state index is 0.563. The first-order chi connectivity index (χ1) is 25.3. The number of fused-ring (bicyclic) bond motifs is 9. The minimum Gasteiger partial charge on any atom is -0.455 e. The SMILES string of the molecule is c1ccc(-c2nc(-c3cccc4c3oc3ccccc34)nc(-c3c(-n4c5ccccc5c5ccccc54)ccc4sc5ccccc5c34)n2)cc1. The summed E-state index contributed by atoms with van der Waals surface area (Å²) in [4.78, 5) is 15.9. The molecule has 51 heavy (non-hydrogen) atoms. The summed E-state index contributed by atoms with van der Waals surface area (Å²) >= 11 is 1.79. The van der Waals surface area contributed by atoms with Crippen LogP contribution >= 0.6 is 11.3 Å². The van der Waals surface area contributed by atoms with Gasteiger partial charge in [-0.2, -0.15) is 0 Å². The molecule has 11 rings (SSSR count). The van der Waals surface area contributed by atoms with Gasteiger partial charge in [-0.25, -0.2) is 15.0 Å². The van der Waals surface area contributed by atoms with Gasteiger partial charge in [0.05, 0.1) is 27.8 Å². The van der Waals surface area contributed by atoms with Crippen molar-refractivity contribution < 1.29 is 4.42 Å². The third-order valence-electron chi connectivity index (χ3n) is 9.88. The molecule has 11 aromatic rings. The molecule has 0 aliphatic rings. The van der Waals surface area contributed by atoms with Crippen molar-refractivity contribution in [3.8, 4) is 39.9 Å². The number of benzene rings is 7. The van der Waals surface area contributed by atoms with E-state index in [4.69, 9.17) is 19.4 Å². The van der Waals surface area contributed by atoms with Crippen LogP contribution in [0.5, 0.6) is 0 Å². The Bertz CT molecular complexity index is 3100. The van der Waals surface area contributed by atoms with E-state index >= 15 is 0 Å². The van der Waals surface area contributed by atoms with Gasteiger partial charge in [-0.3, -0.25) is 0 Å². The summed E-state index contributed by atoms with van der Waals surface area (Å²) in [6.45, 7) is 0. The largest absolute Gasteiger partial charge is 0.455 e. The van der Waals surface area contributed by atoms with E-state index in [1.54, 1.807) is 11.3 Å². The maximum Gasteiger partial charge on any atom is 0.167 e. The van der Waals surface area contributed by atoms with Gasteiger partial charge in [0.1, 0.15) is 11.2 Å². The predicted octanol–water partition coefficient (Wildman–Crippen LogP) is 12.2. The Morgan fingerprint density at radius 3 is 1.88 bits per heavy atom. The van der Waals surface area contributed by atoms with Crippen molar-refractivity contribution in [3.63, 3.8) is 0 Å². The highest BCUT2D eigenvalue weighted by molar-refractivity contribution is 7.26. The summed E-state index contributed by atoms with van der Waals surface area (Å²) in [6.07, 6.45) is 0. The van der Waals surface area contributed by atoms with Crippen LogP contribution in [0, 0.1) is 0 Å². The van der Waals surface area contributed by atoms with Crippen LogP contribution in [0.1, 0.15) is 0 Å². The van der Waals surface area contributed by atoms with Gasteiger partial charge >= 0.3 is 0 Å². The molecule has 0 spiro atoms. The van der Waals surface area contributed by atoms with Crippen LogP contribution in [0.3, 0.4) is 0 Å². The van der Waals surface area contributed by atoms with Gasteiger partial charge < -0.3 is 8.98 Å². The number of aromatic nitrogens is 4. The highest BCUT2D eigenvalue weighted by Crippen LogP contribution is 2.45. The highest BCUT2D eigenvalue weighted by atomic mass is 32.1. The van der Waals surface area contributed by atoms with Crippen LogP contribution < -0.4 is 0 Å². The summed E-state index contributed by atoms with van der Waals surface area (Å²) in [7, 11) is 0. The molecule has 238 valence electrons. The van der Waals surface area contributed by atoms with Gasteiger partial charge in [0, 0.05) is 47.3 Å². The van der Waals surface area contributed by atoms with Crippen LogP contribution in [-0.2, 0) is 0 Å². The Kier molecular flexibility index (Phi) is 6.05. The first-order valence-electron chi connectivity index (χ1n) is 17.0. The number of furan rings is 1. The monoisotopic (exact) mass is 670 g/mol. The second-order valence-corrected chi connectivity index (χ2v) is 13.8. The molecule has 0 N–H and O–H groups in total. The van der Waals surface area contributed by atoms with Gasteiger partial charge in [0.2, 0.25) is 0 Å². The quantitative estimate of drug-likeness (QED) is 0.187. The van der Waals surface area contributed by atoms with Crippen LogP contribution in [0.15, 0.2) is 162 Å². The highest BCUT2D eigenvalue weighted by Gasteiger charge is 2.24. The van der Waals surface area contributed by atoms with Crippen molar-refractivity contribution in [1.82, 2.24) is 19.5 Å². The van der Waals surface area contributed by atoms with Gasteiger partial charge in [0.25, 0.3) is 0 Å². The van der Waals surface area contributed by atoms with Gasteiger partial charge in [-0.15, -0.1) is 11.3 Å². The molecule has 0 amide bonds. The minimum atomic E-state index is 0.563. The van der Waals surface area contributed by atoms with Crippen molar-refractivity contribution in [2.24, 2.45) is 0 Å². The number of para-hydroxylation sites is 4. The summed E-state index contributed by atoms with van der Waals surface area (Å²) in [5, 5.41) is 6.81. The zero-order valence-corrected chi connectivity index (χ0v) is 27.9. The van der Waals surface area contributed by atoms with Crippen LogP contribution in [-0.4, -0.2) is 19.5 Å². The molecule has 0 radical (unpaired) electrons. The average Bonchev–Trinajstić information content (AvgIpc) is 3.87. The lowest BCUT2D eigenvalue weighted by molar-refractivity contribution is 0.669. The summed E-state index contributed by atoms with van der Waals surface area (Å²) in [5.41, 5.74) is 7.57. The fourth-order valence-electron chi connectivity index (χ4n) is 7.65. The number of rotatable bonds is 4. The van der Waals surface area contributed by atoms with E-state index in [0.717, 1.165) is 60.7 Å². The zero-order valence-electron chi connectivity index (χ0n) is 27.1. The van der Waals surface area contributed by atoms with E-state index in [9.17, 15) is 0 Å². The molecular weight excluding hydrogens is 645 g/mol. The Morgan fingerprint density at radius 1 is 0.451 bits per heavy atom. The van der Waals surface area contributed by atoms with Gasteiger partial charge in [-0.05, 0) is 42.5 Å². The van der Waals surface area contributed by atoms with Gasteiger partial charge in [0.15, 0.2) is 17.5 Å². The number of thiophene rings is 1. The Balaban J connectivity index is 1.29. The molecule has 0 unspecified atom stereocenters. The van der Waals surface area contributed by atoms with Crippen molar-refractivity contribution in [1.29, 1.82) is 0 Å². The summed E-state index contributed by atoms with van der Waals surface area (Å²) in [6, 6.07) is 54.9. The lowest BCUT2D eigenvalue weighted by Gasteiger charge is -2.16. The smallest absolute Gasteiger partial charge is 0.167 e. The number of hydrogen-bond acceptors (Lipinski definition) is 5. The van der Waals surface area contributed by atoms with E-state index in [-0.39, 0.29) is 0 Å². The molecule has 7 aromatic carbocycles. The van der Waals surface area contributed by atoms with Crippen LogP contribution in [0.4, 0.5) is 0 Å². The Morgan fingerprint density at radius 2 is 1.08 bits per heavy atom. The molecule has 0 saturated carbocycles. The van der Waals surface area contributed by atoms with E-state index in [0.29, 0.717) is 17.5 Å². The lowest BCUT2D eigenvalue weighted by atomic mass is 10.0. The molecule has 0 bridgehead atoms. The fourth-order valence-corrected chi connectivity index (χ4v) is 8.76. The molecule has 0 aliphatic heterocycles. The van der Waals surface area contributed by atoms with Crippen molar-refractivity contribution in [2.45, 2.75) is 0 Å². The third kappa shape index (κ3) is 4.24. The third-order valence-corrected chi connectivity index (χ3v) is 11.0. The molecule has 0 atom stereocenters. The second-order valence-electron chi connectivity index (χ2n) is 12.8. The topological polar surface area (TPSA) is 56.7 Å². The molecule has 0 aliphatic carbocycles. The maximum absolute atomic E-state index is 6.52. The maximum atomic E-state index is 6.52. The summed E-state index contributed by atoms with van der Waals surface area (Å²) < 4.78 is 11.3. The normalized spacial score (nSPS) is 11.9. The molecule has 4 aromatic heterocycles. The first-order valence-corrected chi connectivity index (χ1v) is 17.8. The average molecular weight is 671 g/mol. The van der Waals surface area contributed by atoms with Crippen molar-refractivity contribution in [3.05, 3.63) is 158 Å². The molecule has 5 nitrogen and oxygen atoms in total. The lowest BCUT2D eigenvalue weighted by Crippen LogP contribution is -2.04. The van der Waals surface area contributed by atoms with Crippen molar-refractivity contribution in [2.75, 3.05) is 0 Å². The van der Waals surface area contributed by atoms with Crippen LogP contribution in [0.25, 0.3) is 104 Å². The molecule has 0 fully saturated rings. The number of hydrogen-bond donors (Lipinski definition) is 0. The molecule has 4 heterocycles. The molecule has 0 saturated heterocycles. The Hall–Kier alpha value is -6.63. The van der Waals surface area contributed by atoms with E-state index < -0.39 is 0 Å². The second kappa shape index (κ2) is 10.9. The molecule has 6 heteroatoms. The van der Waals surface area contributed by atoms with Crippen LogP contribution in [0.2, 0.25) is 0 Å². The van der Waals surface area contributed by atoms with Gasteiger partial charge in [-0.1, -0.05) is 115 Å². The zero-order chi connectivity index (χ0) is 33.5. The predicted molar refractivity (Wildman–Crippen MR) is 211 cm³/mol. The number of nitrogens with zero attached hydrogens (tertiary/aromatic N) is 4. The van der Waals surface area contributed by atoms with E-state index in [1.807, 2.05) is 42.5 Å². The van der Waals surface area contributed by atoms with Crippen molar-refractivity contribution >= 4 is 75.3 Å². The van der Waals surface area contributed by atoms with E-state index in [2.05, 4.69) is 120 Å². The van der Waals surface area contributed by atoms with E-state index in [1.165, 1.54) is 25.6 Å². The summed E-state index contributed by atoms with van der Waals surface area (Å²) in [5.74, 6) is 1.78. The first kappa shape index (κ1) is 28.2. The fraction of sp³-hybridized carbons (Fsp3) is 0.